The highest BCUT2D eigenvalue weighted by Crippen LogP contribution is 2.34. The first kappa shape index (κ1) is 33.1. The number of hydrogen-bond donors (Lipinski definition) is 1. The van der Waals surface area contributed by atoms with Crippen LogP contribution in [-0.2, 0) is 17.8 Å². The first-order valence-electron chi connectivity index (χ1n) is 16.2. The number of rotatable bonds is 16. The van der Waals surface area contributed by atoms with Crippen molar-refractivity contribution in [1.82, 2.24) is 14.5 Å². The number of amides is 1. The molecule has 1 N–H and O–H groups in total. The van der Waals surface area contributed by atoms with E-state index in [1.54, 1.807) is 0 Å². The molecule has 3 aromatic carbocycles. The highest BCUT2D eigenvalue weighted by Gasteiger charge is 2.23. The largest absolute Gasteiger partial charge is 0.493 e. The Labute approximate surface area is 263 Å². The molecule has 0 fully saturated rings. The van der Waals surface area contributed by atoms with Crippen LogP contribution in [0.25, 0.3) is 22.4 Å². The van der Waals surface area contributed by atoms with Crippen LogP contribution in [0, 0.1) is 5.41 Å². The summed E-state index contributed by atoms with van der Waals surface area (Å²) >= 11 is 0. The summed E-state index contributed by atoms with van der Waals surface area (Å²) in [6.07, 6.45) is 3.87. The van der Waals surface area contributed by atoms with Gasteiger partial charge >= 0.3 is 0 Å². The number of carbonyl (C=O) groups excluding carboxylic acids is 1. The fourth-order valence-corrected chi connectivity index (χ4v) is 5.09. The van der Waals surface area contributed by atoms with Gasteiger partial charge in [0.2, 0.25) is 5.91 Å². The lowest BCUT2D eigenvalue weighted by Gasteiger charge is -2.20. The molecule has 1 heterocycles. The molecule has 44 heavy (non-hydrogen) atoms. The van der Waals surface area contributed by atoms with Crippen molar-refractivity contribution in [3.05, 3.63) is 72.3 Å². The molecule has 236 valence electrons. The van der Waals surface area contributed by atoms with Crippen molar-refractivity contribution in [1.29, 1.82) is 0 Å². The van der Waals surface area contributed by atoms with E-state index in [0.29, 0.717) is 24.7 Å². The van der Waals surface area contributed by atoms with Gasteiger partial charge in [-0.05, 0) is 61.8 Å². The fourth-order valence-electron chi connectivity index (χ4n) is 5.09. The minimum atomic E-state index is -0.528. The van der Waals surface area contributed by atoms with Gasteiger partial charge in [0.15, 0.2) is 0 Å². The minimum absolute atomic E-state index is 0.0574. The number of nitrogens with one attached hydrogen (secondary N) is 1. The number of aryl methyl sites for hydroxylation is 1. The zero-order valence-corrected chi connectivity index (χ0v) is 27.5. The topological polar surface area (TPSA) is 68.6 Å². The zero-order chi connectivity index (χ0) is 31.5. The Morgan fingerprint density at radius 3 is 2.39 bits per heavy atom. The van der Waals surface area contributed by atoms with E-state index in [0.717, 1.165) is 80.0 Å². The molecule has 0 unspecified atom stereocenters. The maximum absolute atomic E-state index is 12.9. The Balaban J connectivity index is 1.63. The minimum Gasteiger partial charge on any atom is -0.493 e. The average molecular weight is 599 g/mol. The number of fused-ring (bicyclic) bond motifs is 1. The lowest BCUT2D eigenvalue weighted by molar-refractivity contribution is -0.123. The number of aromatic nitrogens is 2. The zero-order valence-electron chi connectivity index (χ0n) is 27.5. The van der Waals surface area contributed by atoms with Gasteiger partial charge in [-0.25, -0.2) is 4.98 Å². The van der Waals surface area contributed by atoms with Crippen LogP contribution in [-0.4, -0.2) is 53.2 Å². The monoisotopic (exact) mass is 598 g/mol. The molecule has 4 aromatic rings. The Morgan fingerprint density at radius 1 is 0.909 bits per heavy atom. The fraction of sp³-hybridized carbons (Fsp3) is 0.459. The van der Waals surface area contributed by atoms with Crippen molar-refractivity contribution in [3.63, 3.8) is 0 Å². The van der Waals surface area contributed by atoms with Crippen LogP contribution in [0.4, 0.5) is 5.69 Å². The van der Waals surface area contributed by atoms with E-state index in [-0.39, 0.29) is 5.91 Å². The molecule has 0 aliphatic carbocycles. The summed E-state index contributed by atoms with van der Waals surface area (Å²) in [6.45, 7) is 17.5. The number of hydrogen-bond acceptors (Lipinski definition) is 5. The Hall–Kier alpha value is -3.84. The first-order valence-corrected chi connectivity index (χ1v) is 16.2. The molecule has 0 bridgehead atoms. The molecular weight excluding hydrogens is 548 g/mol. The molecule has 7 heteroatoms. The van der Waals surface area contributed by atoms with Crippen LogP contribution in [0.1, 0.15) is 66.4 Å². The van der Waals surface area contributed by atoms with Crippen LogP contribution >= 0.6 is 0 Å². The third kappa shape index (κ3) is 8.85. The van der Waals surface area contributed by atoms with E-state index in [1.807, 2.05) is 63.2 Å². The maximum atomic E-state index is 12.9. The van der Waals surface area contributed by atoms with Crippen LogP contribution in [0.15, 0.2) is 66.7 Å². The van der Waals surface area contributed by atoms with Crippen molar-refractivity contribution in [2.24, 2.45) is 5.41 Å². The van der Waals surface area contributed by atoms with Crippen LogP contribution in [0.5, 0.6) is 11.5 Å². The van der Waals surface area contributed by atoms with Crippen molar-refractivity contribution >= 4 is 22.6 Å². The standard InChI is InChI=1S/C37H50N4O3/c1-7-10-23-41-33-27-30(43-24-14-22-40(8-2)9-3)18-20-31(33)38-35(41)29-17-19-32(39-36(42)37(4,5)6)34(26-29)44-25-21-28-15-12-11-13-16-28/h11-13,15-20,26-27H,7-10,14,21-25H2,1-6H3,(H,39,42). The molecular formula is C37H50N4O3. The second kappa shape index (κ2) is 15.8. The Kier molecular flexibility index (Phi) is 11.8. The summed E-state index contributed by atoms with van der Waals surface area (Å²) in [4.78, 5) is 20.4. The average Bonchev–Trinajstić information content (AvgIpc) is 3.38. The van der Waals surface area contributed by atoms with Gasteiger partial charge < -0.3 is 24.3 Å². The Morgan fingerprint density at radius 2 is 1.68 bits per heavy atom. The van der Waals surface area contributed by atoms with E-state index in [2.05, 4.69) is 59.8 Å². The van der Waals surface area contributed by atoms with Gasteiger partial charge in [-0.1, -0.05) is 78.3 Å². The third-order valence-electron chi connectivity index (χ3n) is 7.90. The van der Waals surface area contributed by atoms with Gasteiger partial charge in [0.05, 0.1) is 29.9 Å². The molecule has 1 amide bonds. The summed E-state index contributed by atoms with van der Waals surface area (Å²) in [5.74, 6) is 2.33. The molecule has 4 rings (SSSR count). The first-order chi connectivity index (χ1) is 21.2. The molecule has 0 aliphatic rings. The maximum Gasteiger partial charge on any atom is 0.229 e. The van der Waals surface area contributed by atoms with Gasteiger partial charge in [0.25, 0.3) is 0 Å². The number of ether oxygens (including phenoxy) is 2. The summed E-state index contributed by atoms with van der Waals surface area (Å²) in [7, 11) is 0. The summed E-state index contributed by atoms with van der Waals surface area (Å²) in [5, 5.41) is 3.09. The van der Waals surface area contributed by atoms with Gasteiger partial charge in [0, 0.05) is 36.6 Å². The van der Waals surface area contributed by atoms with Crippen LogP contribution in [0.3, 0.4) is 0 Å². The lowest BCUT2D eigenvalue weighted by atomic mass is 9.95. The molecule has 0 aliphatic heterocycles. The van der Waals surface area contributed by atoms with Gasteiger partial charge in [-0.2, -0.15) is 0 Å². The summed E-state index contributed by atoms with van der Waals surface area (Å²) in [6, 6.07) is 22.4. The number of anilines is 1. The normalized spacial score (nSPS) is 11.7. The van der Waals surface area contributed by atoms with Gasteiger partial charge in [-0.3, -0.25) is 4.79 Å². The SMILES string of the molecule is CCCCn1c(-c2ccc(NC(=O)C(C)(C)C)c(OCCc3ccccc3)c2)nc2ccc(OCCCN(CC)CC)cc21. The molecule has 0 atom stereocenters. The molecule has 7 nitrogen and oxygen atoms in total. The van der Waals surface area contributed by atoms with E-state index < -0.39 is 5.41 Å². The van der Waals surface area contributed by atoms with E-state index in [4.69, 9.17) is 14.5 Å². The summed E-state index contributed by atoms with van der Waals surface area (Å²) in [5.41, 5.74) is 4.28. The van der Waals surface area contributed by atoms with Crippen molar-refractivity contribution < 1.29 is 14.3 Å². The number of imidazole rings is 1. The second-order valence-electron chi connectivity index (χ2n) is 12.3. The number of nitrogens with zero attached hydrogens (tertiary/aromatic N) is 3. The molecule has 0 saturated heterocycles. The molecule has 0 spiro atoms. The van der Waals surface area contributed by atoms with Gasteiger partial charge in [0.1, 0.15) is 17.3 Å². The number of unbranched alkanes of at least 4 members (excludes halogenated alkanes) is 1. The smallest absolute Gasteiger partial charge is 0.229 e. The van der Waals surface area contributed by atoms with E-state index in [1.165, 1.54) is 5.56 Å². The highest BCUT2D eigenvalue weighted by atomic mass is 16.5. The molecule has 0 radical (unpaired) electrons. The quantitative estimate of drug-likeness (QED) is 0.132. The van der Waals surface area contributed by atoms with E-state index >= 15 is 0 Å². The predicted octanol–water partition coefficient (Wildman–Crippen LogP) is 8.22. The highest BCUT2D eigenvalue weighted by molar-refractivity contribution is 5.96. The number of carbonyl (C=O) groups is 1. The second-order valence-corrected chi connectivity index (χ2v) is 12.3. The van der Waals surface area contributed by atoms with Crippen LogP contribution in [0.2, 0.25) is 0 Å². The van der Waals surface area contributed by atoms with Gasteiger partial charge in [-0.15, -0.1) is 0 Å². The lowest BCUT2D eigenvalue weighted by Crippen LogP contribution is -2.27. The predicted molar refractivity (Wildman–Crippen MR) is 182 cm³/mol. The molecule has 0 saturated carbocycles. The molecule has 1 aromatic heterocycles. The van der Waals surface area contributed by atoms with Crippen LogP contribution < -0.4 is 14.8 Å². The summed E-state index contributed by atoms with van der Waals surface area (Å²) < 4.78 is 14.8. The third-order valence-corrected chi connectivity index (χ3v) is 7.90. The van der Waals surface area contributed by atoms with E-state index in [9.17, 15) is 4.79 Å². The Bertz CT molecular complexity index is 1490. The van der Waals surface area contributed by atoms with Crippen molar-refractivity contribution in [2.45, 2.75) is 73.8 Å². The number of benzene rings is 3. The van der Waals surface area contributed by atoms with Crippen molar-refractivity contribution in [2.75, 3.05) is 38.2 Å². The van der Waals surface area contributed by atoms with Crippen molar-refractivity contribution in [3.8, 4) is 22.9 Å².